The van der Waals surface area contributed by atoms with Crippen molar-refractivity contribution in [3.63, 3.8) is 0 Å². The molecule has 1 atom stereocenters. The highest BCUT2D eigenvalue weighted by Crippen LogP contribution is 2.23. The first-order valence-corrected chi connectivity index (χ1v) is 9.38. The second-order valence-corrected chi connectivity index (χ2v) is 7.59. The number of benzene rings is 1. The van der Waals surface area contributed by atoms with Crippen molar-refractivity contribution in [3.05, 3.63) is 53.3 Å². The molecule has 2 aromatic rings. The lowest BCUT2D eigenvalue weighted by atomic mass is 10.1. The minimum Gasteiger partial charge on any atom is -0.346 e. The minimum absolute atomic E-state index is 0.382. The van der Waals surface area contributed by atoms with Crippen LogP contribution in [0, 0.1) is 13.8 Å². The van der Waals surface area contributed by atoms with Crippen molar-refractivity contribution >= 4 is 33.6 Å². The molecule has 25 heavy (non-hydrogen) atoms. The van der Waals surface area contributed by atoms with Crippen LogP contribution in [0.15, 0.2) is 41.6 Å². The summed E-state index contributed by atoms with van der Waals surface area (Å²) in [4.78, 5) is 16.7. The fourth-order valence-corrected chi connectivity index (χ4v) is 3.33. The van der Waals surface area contributed by atoms with E-state index in [1.54, 1.807) is 0 Å². The number of aromatic nitrogens is 2. The lowest BCUT2D eigenvalue weighted by Crippen LogP contribution is -2.44. The first kappa shape index (κ1) is 19.8. The van der Waals surface area contributed by atoms with E-state index in [1.165, 1.54) is 11.8 Å². The van der Waals surface area contributed by atoms with Gasteiger partial charge in [-0.3, -0.25) is 4.79 Å². The van der Waals surface area contributed by atoms with Crippen LogP contribution in [0.5, 0.6) is 0 Å². The van der Waals surface area contributed by atoms with Crippen LogP contribution in [0.25, 0.3) is 0 Å². The van der Waals surface area contributed by atoms with E-state index in [9.17, 15) is 13.6 Å². The molecule has 1 amide bonds. The molecule has 4 nitrogen and oxygen atoms in total. The van der Waals surface area contributed by atoms with Crippen LogP contribution in [0.1, 0.15) is 17.0 Å². The number of alkyl halides is 3. The summed E-state index contributed by atoms with van der Waals surface area (Å²) >= 11 is 3.43. The van der Waals surface area contributed by atoms with Crippen molar-refractivity contribution in [3.8, 4) is 0 Å². The zero-order chi connectivity index (χ0) is 18.4. The van der Waals surface area contributed by atoms with Gasteiger partial charge in [-0.05, 0) is 31.9 Å². The van der Waals surface area contributed by atoms with Crippen molar-refractivity contribution in [1.82, 2.24) is 15.3 Å². The van der Waals surface area contributed by atoms with E-state index in [0.29, 0.717) is 17.3 Å². The molecule has 0 unspecified atom stereocenters. The van der Waals surface area contributed by atoms with Gasteiger partial charge in [0.05, 0.1) is 0 Å². The molecule has 1 aromatic heterocycles. The maximum Gasteiger partial charge on any atom is 0.377 e. The first-order chi connectivity index (χ1) is 11.7. The Morgan fingerprint density at radius 2 is 1.84 bits per heavy atom. The highest BCUT2D eigenvalue weighted by atomic mass is 79.9. The normalized spacial score (nSPS) is 12.7. The number of nitrogens with zero attached hydrogens (tertiary/aromatic N) is 2. The van der Waals surface area contributed by atoms with Crippen LogP contribution >= 0.6 is 27.7 Å². The van der Waals surface area contributed by atoms with Gasteiger partial charge in [0.1, 0.15) is 0 Å². The van der Waals surface area contributed by atoms with Crippen molar-refractivity contribution in [2.75, 3.05) is 5.75 Å². The fraction of sp³-hybridized carbons (Fsp3) is 0.353. The molecule has 0 aliphatic rings. The number of nitrogens with one attached hydrogen (secondary N) is 1. The third kappa shape index (κ3) is 6.70. The molecule has 0 radical (unpaired) electrons. The van der Waals surface area contributed by atoms with Gasteiger partial charge < -0.3 is 5.32 Å². The number of hydrogen-bond donors (Lipinski definition) is 1. The third-order valence-corrected chi connectivity index (χ3v) is 4.66. The average molecular weight is 430 g/mol. The molecule has 0 aliphatic carbocycles. The number of carbonyl (C=O) groups is 1. The third-order valence-electron chi connectivity index (χ3n) is 3.29. The molecular weight excluding hydrogens is 412 g/mol. The number of thioether (sulfide) groups is 1. The maximum atomic E-state index is 13.2. The van der Waals surface area contributed by atoms with Crippen LogP contribution in [-0.2, 0) is 11.2 Å². The molecule has 8 heteroatoms. The van der Waals surface area contributed by atoms with Gasteiger partial charge in [-0.1, -0.05) is 42.1 Å². The molecule has 0 fully saturated rings. The molecule has 1 N–H and O–H groups in total. The second-order valence-electron chi connectivity index (χ2n) is 5.60. The summed E-state index contributed by atoms with van der Waals surface area (Å²) in [5, 5.41) is 2.96. The lowest BCUT2D eigenvalue weighted by molar-refractivity contribution is -0.134. The minimum atomic E-state index is -3.59. The molecule has 1 heterocycles. The van der Waals surface area contributed by atoms with Crippen molar-refractivity contribution in [2.24, 2.45) is 0 Å². The van der Waals surface area contributed by atoms with E-state index in [1.807, 2.05) is 50.2 Å². The van der Waals surface area contributed by atoms with Crippen molar-refractivity contribution in [2.45, 2.75) is 36.3 Å². The van der Waals surface area contributed by atoms with Crippen LogP contribution in [0.3, 0.4) is 0 Å². The van der Waals surface area contributed by atoms with Gasteiger partial charge in [-0.2, -0.15) is 8.78 Å². The Kier molecular flexibility index (Phi) is 6.89. The number of hydrogen-bond acceptors (Lipinski definition) is 4. The summed E-state index contributed by atoms with van der Waals surface area (Å²) in [6.07, 6.45) is 0.438. The van der Waals surface area contributed by atoms with E-state index < -0.39 is 16.8 Å². The van der Waals surface area contributed by atoms with E-state index >= 15 is 0 Å². The van der Waals surface area contributed by atoms with E-state index in [-0.39, 0.29) is 0 Å². The first-order valence-electron chi connectivity index (χ1n) is 7.61. The Morgan fingerprint density at radius 1 is 1.24 bits per heavy atom. The SMILES string of the molecule is Cc1cc(C)nc(SC[C@H](Cc2ccccc2)NC(=O)C(F)(F)Br)n1. The topological polar surface area (TPSA) is 54.9 Å². The second kappa shape index (κ2) is 8.71. The summed E-state index contributed by atoms with van der Waals surface area (Å²) in [5.41, 5.74) is 2.63. The molecule has 0 saturated heterocycles. The molecule has 0 aliphatic heterocycles. The quantitative estimate of drug-likeness (QED) is 0.411. The monoisotopic (exact) mass is 429 g/mol. The summed E-state index contributed by atoms with van der Waals surface area (Å²) < 4.78 is 26.3. The van der Waals surface area contributed by atoms with Gasteiger partial charge in [0.2, 0.25) is 0 Å². The number of aryl methyl sites for hydroxylation is 2. The lowest BCUT2D eigenvalue weighted by Gasteiger charge is -2.20. The Morgan fingerprint density at radius 3 is 2.40 bits per heavy atom. The van der Waals surface area contributed by atoms with Crippen LogP contribution in [-0.4, -0.2) is 32.5 Å². The Hall–Kier alpha value is -1.54. The Labute approximate surface area is 158 Å². The Balaban J connectivity index is 2.08. The summed E-state index contributed by atoms with van der Waals surface area (Å²) in [6.45, 7) is 3.74. The number of halogens is 3. The van der Waals surface area contributed by atoms with E-state index in [0.717, 1.165) is 17.0 Å². The molecular formula is C17H18BrF2N3OS. The fourth-order valence-electron chi connectivity index (χ4n) is 2.25. The number of amides is 1. The smallest absolute Gasteiger partial charge is 0.346 e. The van der Waals surface area contributed by atoms with Gasteiger partial charge in [0, 0.05) is 39.1 Å². The van der Waals surface area contributed by atoms with Gasteiger partial charge in [-0.25, -0.2) is 9.97 Å². The number of carbonyl (C=O) groups excluding carboxylic acids is 1. The molecule has 1 aromatic carbocycles. The molecule has 0 bridgehead atoms. The van der Waals surface area contributed by atoms with Crippen LogP contribution in [0.4, 0.5) is 8.78 Å². The zero-order valence-corrected chi connectivity index (χ0v) is 16.2. The number of rotatable bonds is 7. The summed E-state index contributed by atoms with van der Waals surface area (Å²) in [7, 11) is 0. The largest absolute Gasteiger partial charge is 0.377 e. The van der Waals surface area contributed by atoms with E-state index in [4.69, 9.17) is 0 Å². The van der Waals surface area contributed by atoms with Gasteiger partial charge >= 0.3 is 10.7 Å². The van der Waals surface area contributed by atoms with Gasteiger partial charge in [0.25, 0.3) is 0 Å². The van der Waals surface area contributed by atoms with Crippen molar-refractivity contribution in [1.29, 1.82) is 0 Å². The van der Waals surface area contributed by atoms with E-state index in [2.05, 4.69) is 31.2 Å². The highest BCUT2D eigenvalue weighted by molar-refractivity contribution is 9.10. The highest BCUT2D eigenvalue weighted by Gasteiger charge is 2.36. The maximum absolute atomic E-state index is 13.2. The van der Waals surface area contributed by atoms with Gasteiger partial charge in [0.15, 0.2) is 5.16 Å². The zero-order valence-electron chi connectivity index (χ0n) is 13.8. The van der Waals surface area contributed by atoms with Crippen LogP contribution in [0.2, 0.25) is 0 Å². The predicted octanol–water partition coefficient (Wildman–Crippen LogP) is 3.90. The average Bonchev–Trinajstić information content (AvgIpc) is 2.51. The van der Waals surface area contributed by atoms with Crippen LogP contribution < -0.4 is 5.32 Å². The summed E-state index contributed by atoms with van der Waals surface area (Å²) in [6, 6.07) is 10.8. The Bertz CT molecular complexity index is 705. The van der Waals surface area contributed by atoms with Gasteiger partial charge in [-0.15, -0.1) is 0 Å². The predicted molar refractivity (Wildman–Crippen MR) is 98.2 cm³/mol. The molecule has 134 valence electrons. The molecule has 0 saturated carbocycles. The summed E-state index contributed by atoms with van der Waals surface area (Å²) in [5.74, 6) is -0.970. The molecule has 0 spiro atoms. The standard InChI is InChI=1S/C17H18BrF2N3OS/c1-11-8-12(2)22-16(21-11)25-10-14(23-15(24)17(18,19)20)9-13-6-4-3-5-7-13/h3-8,14H,9-10H2,1-2H3,(H,23,24)/t14-/m0/s1. The molecule has 2 rings (SSSR count). The van der Waals surface area contributed by atoms with Crippen molar-refractivity contribution < 1.29 is 13.6 Å².